The molecule has 2 rings (SSSR count). The van der Waals surface area contributed by atoms with Crippen LogP contribution in [0.2, 0.25) is 0 Å². The molecule has 0 atom stereocenters. The summed E-state index contributed by atoms with van der Waals surface area (Å²) in [5.41, 5.74) is -0.447. The van der Waals surface area contributed by atoms with Crippen molar-refractivity contribution in [2.75, 3.05) is 7.11 Å². The maximum absolute atomic E-state index is 12.7. The number of furan rings is 1. The van der Waals surface area contributed by atoms with Gasteiger partial charge in [0.1, 0.15) is 11.5 Å². The Hall–Kier alpha value is -1.91. The molecule has 2 aromatic rings. The monoisotopic (exact) mass is 242 g/mol. The molecule has 0 amide bonds. The molecule has 0 unspecified atom stereocenters. The average Bonchev–Trinajstić information content (AvgIpc) is 2.80. The first-order chi connectivity index (χ1) is 8.02. The number of rotatable bonds is 2. The zero-order valence-electron chi connectivity index (χ0n) is 8.91. The maximum Gasteiger partial charge on any atom is 0.419 e. The first kappa shape index (κ1) is 11.6. The van der Waals surface area contributed by atoms with Crippen LogP contribution in [0.25, 0.3) is 11.3 Å². The van der Waals surface area contributed by atoms with Gasteiger partial charge in [-0.25, -0.2) is 0 Å². The SMILES string of the molecule is COc1ccc(-c2ccco2)cc1C(F)(F)F. The summed E-state index contributed by atoms with van der Waals surface area (Å²) in [6.07, 6.45) is -3.04. The molecule has 17 heavy (non-hydrogen) atoms. The van der Waals surface area contributed by atoms with E-state index >= 15 is 0 Å². The van der Waals surface area contributed by atoms with Crippen LogP contribution in [0.4, 0.5) is 13.2 Å². The second-order valence-electron chi connectivity index (χ2n) is 3.39. The van der Waals surface area contributed by atoms with Gasteiger partial charge in [-0.2, -0.15) is 13.2 Å². The van der Waals surface area contributed by atoms with Gasteiger partial charge < -0.3 is 9.15 Å². The molecule has 0 fully saturated rings. The molecule has 2 nitrogen and oxygen atoms in total. The normalized spacial score (nSPS) is 11.5. The summed E-state index contributed by atoms with van der Waals surface area (Å²) in [7, 11) is 1.21. The van der Waals surface area contributed by atoms with Crippen LogP contribution >= 0.6 is 0 Å². The van der Waals surface area contributed by atoms with E-state index in [4.69, 9.17) is 9.15 Å². The highest BCUT2D eigenvalue weighted by Gasteiger charge is 2.34. The van der Waals surface area contributed by atoms with Gasteiger partial charge in [-0.3, -0.25) is 0 Å². The van der Waals surface area contributed by atoms with E-state index in [0.717, 1.165) is 6.07 Å². The Morgan fingerprint density at radius 1 is 1.18 bits per heavy atom. The van der Waals surface area contributed by atoms with E-state index in [1.165, 1.54) is 25.5 Å². The molecular weight excluding hydrogens is 233 g/mol. The zero-order chi connectivity index (χ0) is 12.5. The summed E-state index contributed by atoms with van der Waals surface area (Å²) in [6.45, 7) is 0. The van der Waals surface area contributed by atoms with Gasteiger partial charge >= 0.3 is 6.18 Å². The second kappa shape index (κ2) is 4.16. The van der Waals surface area contributed by atoms with Gasteiger partial charge in [-0.05, 0) is 30.3 Å². The third-order valence-corrected chi connectivity index (χ3v) is 2.31. The Morgan fingerprint density at radius 3 is 2.47 bits per heavy atom. The summed E-state index contributed by atoms with van der Waals surface area (Å²) in [6, 6.07) is 7.03. The highest BCUT2D eigenvalue weighted by atomic mass is 19.4. The minimum Gasteiger partial charge on any atom is -0.496 e. The summed E-state index contributed by atoms with van der Waals surface area (Å²) in [5, 5.41) is 0. The van der Waals surface area contributed by atoms with Crippen molar-refractivity contribution in [2.24, 2.45) is 0 Å². The number of hydrogen-bond donors (Lipinski definition) is 0. The summed E-state index contributed by atoms with van der Waals surface area (Å²) in [4.78, 5) is 0. The topological polar surface area (TPSA) is 22.4 Å². The first-order valence-corrected chi connectivity index (χ1v) is 4.81. The molecule has 1 heterocycles. The molecule has 1 aromatic heterocycles. The van der Waals surface area contributed by atoms with E-state index in [1.54, 1.807) is 12.1 Å². The van der Waals surface area contributed by atoms with E-state index in [1.807, 2.05) is 0 Å². The molecule has 90 valence electrons. The Kier molecular flexibility index (Phi) is 2.83. The predicted octanol–water partition coefficient (Wildman–Crippen LogP) is 3.97. The Bertz CT molecular complexity index is 501. The van der Waals surface area contributed by atoms with Gasteiger partial charge in [0.15, 0.2) is 0 Å². The predicted molar refractivity (Wildman–Crippen MR) is 55.7 cm³/mol. The van der Waals surface area contributed by atoms with Crippen molar-refractivity contribution in [3.63, 3.8) is 0 Å². The molecule has 5 heteroatoms. The number of alkyl halides is 3. The molecule has 0 aliphatic rings. The fourth-order valence-corrected chi connectivity index (χ4v) is 1.53. The van der Waals surface area contributed by atoms with Crippen LogP contribution < -0.4 is 4.74 Å². The third-order valence-electron chi connectivity index (χ3n) is 2.31. The smallest absolute Gasteiger partial charge is 0.419 e. The molecular formula is C12H9F3O2. The van der Waals surface area contributed by atoms with Gasteiger partial charge in [0.25, 0.3) is 0 Å². The van der Waals surface area contributed by atoms with Gasteiger partial charge in [0.05, 0.1) is 18.9 Å². The molecule has 0 bridgehead atoms. The van der Waals surface area contributed by atoms with Crippen LogP contribution in [0, 0.1) is 0 Å². The number of halogens is 3. The minimum atomic E-state index is -4.45. The van der Waals surface area contributed by atoms with Gasteiger partial charge in [0.2, 0.25) is 0 Å². The molecule has 0 saturated heterocycles. The molecule has 0 aliphatic carbocycles. The second-order valence-corrected chi connectivity index (χ2v) is 3.39. The molecule has 1 aromatic carbocycles. The van der Waals surface area contributed by atoms with Crippen LogP contribution in [0.15, 0.2) is 41.0 Å². The lowest BCUT2D eigenvalue weighted by molar-refractivity contribution is -0.138. The Morgan fingerprint density at radius 2 is 1.94 bits per heavy atom. The van der Waals surface area contributed by atoms with Crippen molar-refractivity contribution in [3.05, 3.63) is 42.2 Å². The lowest BCUT2D eigenvalue weighted by Gasteiger charge is -2.12. The molecule has 0 aliphatic heterocycles. The van der Waals surface area contributed by atoms with E-state index < -0.39 is 11.7 Å². The average molecular weight is 242 g/mol. The number of methoxy groups -OCH3 is 1. The maximum atomic E-state index is 12.7. The standard InChI is InChI=1S/C12H9F3O2/c1-16-11-5-4-8(10-3-2-6-17-10)7-9(11)12(13,14)15/h2-7H,1H3. The number of ether oxygens (including phenoxy) is 1. The largest absolute Gasteiger partial charge is 0.496 e. The van der Waals surface area contributed by atoms with Crippen LogP contribution in [0.5, 0.6) is 5.75 Å². The van der Waals surface area contributed by atoms with Crippen molar-refractivity contribution < 1.29 is 22.3 Å². The fourth-order valence-electron chi connectivity index (χ4n) is 1.53. The van der Waals surface area contributed by atoms with Crippen LogP contribution in [0.1, 0.15) is 5.56 Å². The van der Waals surface area contributed by atoms with Crippen molar-refractivity contribution in [1.82, 2.24) is 0 Å². The Labute approximate surface area is 95.6 Å². The van der Waals surface area contributed by atoms with Crippen molar-refractivity contribution in [1.29, 1.82) is 0 Å². The van der Waals surface area contributed by atoms with Crippen LogP contribution in [-0.2, 0) is 6.18 Å². The molecule has 0 saturated carbocycles. The van der Waals surface area contributed by atoms with Gasteiger partial charge in [-0.1, -0.05) is 0 Å². The lowest BCUT2D eigenvalue weighted by Crippen LogP contribution is -2.07. The van der Waals surface area contributed by atoms with Gasteiger partial charge in [-0.15, -0.1) is 0 Å². The quantitative estimate of drug-likeness (QED) is 0.794. The van der Waals surface area contributed by atoms with E-state index in [0.29, 0.717) is 11.3 Å². The lowest BCUT2D eigenvalue weighted by atomic mass is 10.1. The summed E-state index contributed by atoms with van der Waals surface area (Å²) in [5.74, 6) is 0.186. The first-order valence-electron chi connectivity index (χ1n) is 4.81. The van der Waals surface area contributed by atoms with Gasteiger partial charge in [0, 0.05) is 5.56 Å². The van der Waals surface area contributed by atoms with Crippen molar-refractivity contribution >= 4 is 0 Å². The summed E-state index contributed by atoms with van der Waals surface area (Å²) < 4.78 is 48.0. The molecule has 0 spiro atoms. The van der Waals surface area contributed by atoms with Crippen molar-refractivity contribution in [3.8, 4) is 17.1 Å². The van der Waals surface area contributed by atoms with Crippen LogP contribution in [-0.4, -0.2) is 7.11 Å². The minimum absolute atomic E-state index is 0.201. The zero-order valence-corrected chi connectivity index (χ0v) is 8.91. The van der Waals surface area contributed by atoms with E-state index in [2.05, 4.69) is 0 Å². The van der Waals surface area contributed by atoms with E-state index in [9.17, 15) is 13.2 Å². The fraction of sp³-hybridized carbons (Fsp3) is 0.167. The third kappa shape index (κ3) is 2.27. The van der Waals surface area contributed by atoms with Crippen molar-refractivity contribution in [2.45, 2.75) is 6.18 Å². The number of benzene rings is 1. The number of hydrogen-bond acceptors (Lipinski definition) is 2. The highest BCUT2D eigenvalue weighted by molar-refractivity contribution is 5.61. The Balaban J connectivity index is 2.53. The summed E-state index contributed by atoms with van der Waals surface area (Å²) >= 11 is 0. The van der Waals surface area contributed by atoms with E-state index in [-0.39, 0.29) is 5.75 Å². The molecule has 0 radical (unpaired) electrons. The highest BCUT2D eigenvalue weighted by Crippen LogP contribution is 2.38. The molecule has 0 N–H and O–H groups in total. The van der Waals surface area contributed by atoms with Crippen LogP contribution in [0.3, 0.4) is 0 Å².